The number of aromatic nitrogens is 1. The van der Waals surface area contributed by atoms with Crippen LogP contribution in [-0.2, 0) is 4.79 Å². The van der Waals surface area contributed by atoms with Crippen LogP contribution in [0.25, 0.3) is 11.0 Å². The van der Waals surface area contributed by atoms with Gasteiger partial charge < -0.3 is 15.1 Å². The standard InChI is InChI=1S/C18H20N4O3/c1-11(2)9-13(16(23)22-18(10-19)7-8-18)20-15-12-5-3-4-6-14(12)25-17(24)21-15/h3-6,11,13H,7-9H2,1-2H3,(H,22,23)(H,20,21,24). The molecule has 7 heteroatoms. The van der Waals surface area contributed by atoms with Crippen LogP contribution in [0.3, 0.4) is 0 Å². The Kier molecular flexibility index (Phi) is 4.45. The van der Waals surface area contributed by atoms with E-state index >= 15 is 0 Å². The quantitative estimate of drug-likeness (QED) is 0.834. The number of para-hydroxylation sites is 1. The Hall–Kier alpha value is -2.88. The molecule has 1 fully saturated rings. The van der Waals surface area contributed by atoms with E-state index < -0.39 is 17.3 Å². The molecular formula is C18H20N4O3. The zero-order valence-corrected chi connectivity index (χ0v) is 14.2. The van der Waals surface area contributed by atoms with Gasteiger partial charge in [-0.1, -0.05) is 26.0 Å². The van der Waals surface area contributed by atoms with Crippen molar-refractivity contribution in [2.75, 3.05) is 5.32 Å². The molecule has 0 aliphatic heterocycles. The maximum Gasteiger partial charge on any atom is 0.441 e. The SMILES string of the molecule is CC(C)CC(Nc1nc(=O)oc2ccccc12)C(=O)NC1(C#N)CC1. The van der Waals surface area contributed by atoms with Crippen molar-refractivity contribution in [2.24, 2.45) is 5.92 Å². The molecule has 7 nitrogen and oxygen atoms in total. The molecule has 2 aromatic rings. The molecule has 0 radical (unpaired) electrons. The third-order valence-corrected chi connectivity index (χ3v) is 4.20. The van der Waals surface area contributed by atoms with Crippen LogP contribution in [0.15, 0.2) is 33.5 Å². The van der Waals surface area contributed by atoms with Gasteiger partial charge in [-0.2, -0.15) is 10.2 Å². The summed E-state index contributed by atoms with van der Waals surface area (Å²) < 4.78 is 5.08. The van der Waals surface area contributed by atoms with E-state index in [1.54, 1.807) is 18.2 Å². The Labute approximate surface area is 145 Å². The summed E-state index contributed by atoms with van der Waals surface area (Å²) in [6.07, 6.45) is 1.88. The summed E-state index contributed by atoms with van der Waals surface area (Å²) >= 11 is 0. The Morgan fingerprint density at radius 2 is 2.12 bits per heavy atom. The number of amides is 1. The second kappa shape index (κ2) is 6.55. The molecule has 1 unspecified atom stereocenters. The van der Waals surface area contributed by atoms with Crippen molar-refractivity contribution < 1.29 is 9.21 Å². The first-order valence-corrected chi connectivity index (χ1v) is 8.32. The first kappa shape index (κ1) is 17.0. The van der Waals surface area contributed by atoms with Gasteiger partial charge in [-0.05, 0) is 37.3 Å². The highest BCUT2D eigenvalue weighted by Crippen LogP contribution is 2.34. The predicted molar refractivity (Wildman–Crippen MR) is 92.9 cm³/mol. The van der Waals surface area contributed by atoms with Crippen molar-refractivity contribution in [3.8, 4) is 6.07 Å². The number of hydrogen-bond donors (Lipinski definition) is 2. The van der Waals surface area contributed by atoms with E-state index in [9.17, 15) is 14.9 Å². The van der Waals surface area contributed by atoms with Crippen LogP contribution < -0.4 is 16.4 Å². The normalized spacial score (nSPS) is 16.2. The number of carbonyl (C=O) groups excluding carboxylic acids is 1. The molecular weight excluding hydrogens is 320 g/mol. The van der Waals surface area contributed by atoms with E-state index in [4.69, 9.17) is 4.42 Å². The number of fused-ring (bicyclic) bond motifs is 1. The zero-order chi connectivity index (χ0) is 18.0. The lowest BCUT2D eigenvalue weighted by atomic mass is 10.0. The number of anilines is 1. The lowest BCUT2D eigenvalue weighted by Crippen LogP contribution is -2.46. The molecule has 130 valence electrons. The molecule has 0 spiro atoms. The Morgan fingerprint density at radius 1 is 1.40 bits per heavy atom. The number of nitrogens with zero attached hydrogens (tertiary/aromatic N) is 2. The van der Waals surface area contributed by atoms with Gasteiger partial charge in [0.15, 0.2) is 0 Å². The summed E-state index contributed by atoms with van der Waals surface area (Å²) in [4.78, 5) is 28.3. The molecule has 0 bridgehead atoms. The fourth-order valence-electron chi connectivity index (χ4n) is 2.71. The molecule has 1 heterocycles. The molecule has 25 heavy (non-hydrogen) atoms. The topological polar surface area (TPSA) is 108 Å². The van der Waals surface area contributed by atoms with E-state index in [1.807, 2.05) is 19.9 Å². The van der Waals surface area contributed by atoms with Crippen LogP contribution >= 0.6 is 0 Å². The van der Waals surface area contributed by atoms with Crippen molar-refractivity contribution in [3.63, 3.8) is 0 Å². The molecule has 1 aromatic carbocycles. The molecule has 1 saturated carbocycles. The minimum atomic E-state index is -0.737. The van der Waals surface area contributed by atoms with Crippen LogP contribution in [0.2, 0.25) is 0 Å². The van der Waals surface area contributed by atoms with Crippen LogP contribution in [0.1, 0.15) is 33.1 Å². The van der Waals surface area contributed by atoms with Gasteiger partial charge in [-0.25, -0.2) is 4.79 Å². The number of benzene rings is 1. The number of hydrogen-bond acceptors (Lipinski definition) is 6. The van der Waals surface area contributed by atoms with E-state index in [2.05, 4.69) is 21.7 Å². The van der Waals surface area contributed by atoms with Crippen LogP contribution in [0, 0.1) is 17.2 Å². The average Bonchev–Trinajstić information content (AvgIpc) is 3.33. The number of rotatable bonds is 6. The largest absolute Gasteiger partial charge is 0.441 e. The van der Waals surface area contributed by atoms with E-state index in [0.29, 0.717) is 36.0 Å². The summed E-state index contributed by atoms with van der Waals surface area (Å²) in [5.74, 6) is -0.422. The summed E-state index contributed by atoms with van der Waals surface area (Å²) in [5.41, 5.74) is -0.330. The van der Waals surface area contributed by atoms with Crippen molar-refractivity contribution in [3.05, 3.63) is 34.8 Å². The Balaban J connectivity index is 1.89. The molecule has 3 rings (SSSR count). The van der Waals surface area contributed by atoms with Gasteiger partial charge in [-0.15, -0.1) is 0 Å². The summed E-state index contributed by atoms with van der Waals surface area (Å²) in [7, 11) is 0. The zero-order valence-electron chi connectivity index (χ0n) is 14.2. The smallest absolute Gasteiger partial charge is 0.408 e. The fourth-order valence-corrected chi connectivity index (χ4v) is 2.71. The van der Waals surface area contributed by atoms with Crippen molar-refractivity contribution in [1.82, 2.24) is 10.3 Å². The third-order valence-electron chi connectivity index (χ3n) is 4.20. The average molecular weight is 340 g/mol. The molecule has 1 aliphatic carbocycles. The van der Waals surface area contributed by atoms with Crippen molar-refractivity contribution in [2.45, 2.75) is 44.7 Å². The van der Waals surface area contributed by atoms with Gasteiger partial charge in [-0.3, -0.25) is 4.79 Å². The van der Waals surface area contributed by atoms with Crippen LogP contribution in [0.5, 0.6) is 0 Å². The Bertz CT molecular complexity index is 893. The summed E-state index contributed by atoms with van der Waals surface area (Å²) in [5, 5.41) is 15.7. The molecule has 0 saturated heterocycles. The molecule has 1 aliphatic rings. The molecule has 1 atom stereocenters. The highest BCUT2D eigenvalue weighted by atomic mass is 16.4. The minimum Gasteiger partial charge on any atom is -0.408 e. The van der Waals surface area contributed by atoms with Crippen LogP contribution in [0.4, 0.5) is 5.82 Å². The highest BCUT2D eigenvalue weighted by Gasteiger charge is 2.45. The predicted octanol–water partition coefficient (Wildman–Crippen LogP) is 2.19. The maximum atomic E-state index is 12.7. The third kappa shape index (κ3) is 3.79. The second-order valence-corrected chi connectivity index (χ2v) is 6.83. The molecule has 2 N–H and O–H groups in total. The second-order valence-electron chi connectivity index (χ2n) is 6.83. The van der Waals surface area contributed by atoms with Gasteiger partial charge in [0.25, 0.3) is 0 Å². The monoisotopic (exact) mass is 340 g/mol. The van der Waals surface area contributed by atoms with E-state index in [1.165, 1.54) is 0 Å². The molecule has 1 amide bonds. The van der Waals surface area contributed by atoms with Gasteiger partial charge in [0, 0.05) is 0 Å². The lowest BCUT2D eigenvalue weighted by molar-refractivity contribution is -0.122. The van der Waals surface area contributed by atoms with Gasteiger partial charge in [0.2, 0.25) is 5.91 Å². The summed E-state index contributed by atoms with van der Waals surface area (Å²) in [6, 6.07) is 8.58. The van der Waals surface area contributed by atoms with Crippen LogP contribution in [-0.4, -0.2) is 22.5 Å². The fraction of sp³-hybridized carbons (Fsp3) is 0.444. The highest BCUT2D eigenvalue weighted by molar-refractivity contribution is 5.91. The minimum absolute atomic E-state index is 0.242. The summed E-state index contributed by atoms with van der Waals surface area (Å²) in [6.45, 7) is 4.01. The Morgan fingerprint density at radius 3 is 2.76 bits per heavy atom. The first-order valence-electron chi connectivity index (χ1n) is 8.32. The van der Waals surface area contributed by atoms with Gasteiger partial charge in [0.05, 0.1) is 11.5 Å². The number of nitrogens with one attached hydrogen (secondary N) is 2. The lowest BCUT2D eigenvalue weighted by Gasteiger charge is -2.22. The van der Waals surface area contributed by atoms with E-state index in [-0.39, 0.29) is 11.8 Å². The van der Waals surface area contributed by atoms with Crippen molar-refractivity contribution in [1.29, 1.82) is 5.26 Å². The first-order chi connectivity index (χ1) is 11.9. The van der Waals surface area contributed by atoms with Gasteiger partial charge >= 0.3 is 5.76 Å². The van der Waals surface area contributed by atoms with E-state index in [0.717, 1.165) is 0 Å². The van der Waals surface area contributed by atoms with Gasteiger partial charge in [0.1, 0.15) is 23.0 Å². The maximum absolute atomic E-state index is 12.7. The van der Waals surface area contributed by atoms with Crippen molar-refractivity contribution >= 4 is 22.7 Å². The number of nitriles is 1. The molecule has 1 aromatic heterocycles. The number of carbonyl (C=O) groups is 1.